The number of aromatic nitrogens is 2. The predicted octanol–water partition coefficient (Wildman–Crippen LogP) is 0.432. The number of hydrogen-bond donors (Lipinski definition) is 1. The largest absolute Gasteiger partial charge is 0.355 e. The molecule has 1 amide bonds. The first-order valence-electron chi connectivity index (χ1n) is 3.84. The maximum absolute atomic E-state index is 10.8. The molecule has 0 atom stereocenters. The molecule has 0 radical (unpaired) electrons. The Morgan fingerprint density at radius 1 is 1.69 bits per heavy atom. The molecule has 1 rings (SSSR count). The Balaban J connectivity index is 2.24. The van der Waals surface area contributed by atoms with Crippen LogP contribution in [-0.4, -0.2) is 27.9 Å². The molecule has 0 saturated carbocycles. The van der Waals surface area contributed by atoms with Gasteiger partial charge < -0.3 is 9.84 Å². The molecule has 0 saturated heterocycles. The summed E-state index contributed by atoms with van der Waals surface area (Å²) in [5.74, 6) is 1.12. The fraction of sp³-hybridized carbons (Fsp3) is 0.571. The summed E-state index contributed by atoms with van der Waals surface area (Å²) in [4.78, 5) is 14.8. The van der Waals surface area contributed by atoms with Gasteiger partial charge in [0.05, 0.1) is 5.33 Å². The standard InChI is InChI=1S/C7H10BrN3O2/c1-5-10-7(13-11-5)2-3-9-6(12)4-8/h2-4H2,1H3,(H,9,12). The first-order chi connectivity index (χ1) is 6.22. The Morgan fingerprint density at radius 2 is 2.46 bits per heavy atom. The van der Waals surface area contributed by atoms with E-state index in [1.807, 2.05) is 0 Å². The molecule has 0 fully saturated rings. The van der Waals surface area contributed by atoms with Crippen LogP contribution in [0, 0.1) is 6.92 Å². The summed E-state index contributed by atoms with van der Waals surface area (Å²) in [5.41, 5.74) is 0. The van der Waals surface area contributed by atoms with E-state index in [4.69, 9.17) is 4.52 Å². The lowest BCUT2D eigenvalue weighted by Gasteiger charge is -1.98. The van der Waals surface area contributed by atoms with Crippen LogP contribution in [0.25, 0.3) is 0 Å². The van der Waals surface area contributed by atoms with Gasteiger partial charge in [0.25, 0.3) is 0 Å². The lowest BCUT2D eigenvalue weighted by molar-refractivity contribution is -0.118. The van der Waals surface area contributed by atoms with Crippen molar-refractivity contribution in [2.45, 2.75) is 13.3 Å². The topological polar surface area (TPSA) is 68.0 Å². The van der Waals surface area contributed by atoms with Gasteiger partial charge in [-0.05, 0) is 6.92 Å². The Hall–Kier alpha value is -0.910. The van der Waals surface area contributed by atoms with Gasteiger partial charge in [0.2, 0.25) is 11.8 Å². The first kappa shape index (κ1) is 10.2. The minimum Gasteiger partial charge on any atom is -0.355 e. The van der Waals surface area contributed by atoms with Crippen molar-refractivity contribution in [2.75, 3.05) is 11.9 Å². The second kappa shape index (κ2) is 4.96. The monoisotopic (exact) mass is 247 g/mol. The smallest absolute Gasteiger partial charge is 0.230 e. The van der Waals surface area contributed by atoms with E-state index < -0.39 is 0 Å². The highest BCUT2D eigenvalue weighted by atomic mass is 79.9. The van der Waals surface area contributed by atoms with Gasteiger partial charge in [-0.2, -0.15) is 4.98 Å². The summed E-state index contributed by atoms with van der Waals surface area (Å²) < 4.78 is 4.86. The molecule has 5 nitrogen and oxygen atoms in total. The highest BCUT2D eigenvalue weighted by Crippen LogP contribution is 1.95. The third-order valence-corrected chi connectivity index (χ3v) is 1.86. The molecule has 1 aromatic rings. The summed E-state index contributed by atoms with van der Waals surface area (Å²) in [7, 11) is 0. The van der Waals surface area contributed by atoms with Crippen LogP contribution in [0.5, 0.6) is 0 Å². The minimum atomic E-state index is -0.0452. The van der Waals surface area contributed by atoms with Crippen molar-refractivity contribution in [1.82, 2.24) is 15.5 Å². The number of alkyl halides is 1. The molecule has 1 aromatic heterocycles. The molecule has 0 aliphatic carbocycles. The van der Waals surface area contributed by atoms with Gasteiger partial charge in [-0.3, -0.25) is 4.79 Å². The zero-order chi connectivity index (χ0) is 9.68. The number of hydrogen-bond acceptors (Lipinski definition) is 4. The Kier molecular flexibility index (Phi) is 3.88. The summed E-state index contributed by atoms with van der Waals surface area (Å²) in [5, 5.41) is 6.62. The summed E-state index contributed by atoms with van der Waals surface area (Å²) in [6.45, 7) is 2.27. The Labute approximate surface area is 84.0 Å². The molecule has 0 bridgehead atoms. The molecule has 72 valence electrons. The number of aryl methyl sites for hydroxylation is 1. The molecule has 0 unspecified atom stereocenters. The van der Waals surface area contributed by atoms with Crippen LogP contribution in [0.2, 0.25) is 0 Å². The van der Waals surface area contributed by atoms with Gasteiger partial charge in [-0.15, -0.1) is 0 Å². The van der Waals surface area contributed by atoms with Crippen LogP contribution in [0.3, 0.4) is 0 Å². The van der Waals surface area contributed by atoms with Gasteiger partial charge in [0.1, 0.15) is 0 Å². The second-order valence-corrected chi connectivity index (χ2v) is 3.03. The van der Waals surface area contributed by atoms with Crippen LogP contribution >= 0.6 is 15.9 Å². The fourth-order valence-electron chi connectivity index (χ4n) is 0.798. The Morgan fingerprint density at radius 3 is 3.00 bits per heavy atom. The van der Waals surface area contributed by atoms with Gasteiger partial charge >= 0.3 is 0 Å². The molecule has 1 heterocycles. The highest BCUT2D eigenvalue weighted by molar-refractivity contribution is 9.09. The van der Waals surface area contributed by atoms with Crippen molar-refractivity contribution in [3.63, 3.8) is 0 Å². The zero-order valence-electron chi connectivity index (χ0n) is 7.21. The fourth-order valence-corrected chi connectivity index (χ4v) is 0.996. The van der Waals surface area contributed by atoms with Crippen LogP contribution < -0.4 is 5.32 Å². The highest BCUT2D eigenvalue weighted by Gasteiger charge is 2.02. The third kappa shape index (κ3) is 3.54. The molecule has 1 N–H and O–H groups in total. The maximum atomic E-state index is 10.8. The predicted molar refractivity (Wildman–Crippen MR) is 49.5 cm³/mol. The normalized spacial score (nSPS) is 10.0. The number of nitrogens with zero attached hydrogens (tertiary/aromatic N) is 2. The van der Waals surface area contributed by atoms with Gasteiger partial charge in [0, 0.05) is 13.0 Å². The lowest BCUT2D eigenvalue weighted by Crippen LogP contribution is -2.26. The van der Waals surface area contributed by atoms with E-state index in [-0.39, 0.29) is 5.91 Å². The van der Waals surface area contributed by atoms with Crippen molar-refractivity contribution < 1.29 is 9.32 Å². The molecule has 6 heteroatoms. The van der Waals surface area contributed by atoms with E-state index in [1.165, 1.54) is 0 Å². The molecule has 13 heavy (non-hydrogen) atoms. The van der Waals surface area contributed by atoms with Crippen LogP contribution in [0.15, 0.2) is 4.52 Å². The average molecular weight is 248 g/mol. The van der Waals surface area contributed by atoms with Crippen molar-refractivity contribution >= 4 is 21.8 Å². The Bertz CT molecular complexity index is 287. The zero-order valence-corrected chi connectivity index (χ0v) is 8.80. The molecule has 0 aromatic carbocycles. The average Bonchev–Trinajstić information content (AvgIpc) is 2.51. The van der Waals surface area contributed by atoms with Gasteiger partial charge in [-0.25, -0.2) is 0 Å². The van der Waals surface area contributed by atoms with Crippen LogP contribution in [0.4, 0.5) is 0 Å². The maximum Gasteiger partial charge on any atom is 0.230 e. The van der Waals surface area contributed by atoms with Crippen molar-refractivity contribution in [2.24, 2.45) is 0 Å². The van der Waals surface area contributed by atoms with E-state index in [0.717, 1.165) is 0 Å². The van der Waals surface area contributed by atoms with E-state index >= 15 is 0 Å². The van der Waals surface area contributed by atoms with Gasteiger partial charge in [0.15, 0.2) is 5.82 Å². The number of carbonyl (C=O) groups excluding carboxylic acids is 1. The molecule has 0 aliphatic heterocycles. The third-order valence-electron chi connectivity index (χ3n) is 1.35. The van der Waals surface area contributed by atoms with E-state index in [0.29, 0.717) is 30.0 Å². The summed E-state index contributed by atoms with van der Waals surface area (Å²) in [6.07, 6.45) is 0.569. The summed E-state index contributed by atoms with van der Waals surface area (Å²) in [6, 6.07) is 0. The quantitative estimate of drug-likeness (QED) is 0.784. The molecule has 0 aliphatic rings. The summed E-state index contributed by atoms with van der Waals surface area (Å²) >= 11 is 3.04. The number of carbonyl (C=O) groups is 1. The van der Waals surface area contributed by atoms with Crippen LogP contribution in [-0.2, 0) is 11.2 Å². The SMILES string of the molecule is Cc1noc(CCNC(=O)CBr)n1. The number of nitrogens with one attached hydrogen (secondary N) is 1. The van der Waals surface area contributed by atoms with Crippen LogP contribution in [0.1, 0.15) is 11.7 Å². The number of amides is 1. The van der Waals surface area contributed by atoms with Gasteiger partial charge in [-0.1, -0.05) is 21.1 Å². The lowest BCUT2D eigenvalue weighted by atomic mass is 10.4. The number of rotatable bonds is 4. The van der Waals surface area contributed by atoms with Crippen molar-refractivity contribution in [3.05, 3.63) is 11.7 Å². The first-order valence-corrected chi connectivity index (χ1v) is 4.96. The van der Waals surface area contributed by atoms with E-state index in [2.05, 4.69) is 31.4 Å². The van der Waals surface area contributed by atoms with E-state index in [1.54, 1.807) is 6.92 Å². The molecular formula is C7H10BrN3O2. The van der Waals surface area contributed by atoms with Crippen molar-refractivity contribution in [3.8, 4) is 0 Å². The minimum absolute atomic E-state index is 0.0452. The number of halogens is 1. The van der Waals surface area contributed by atoms with Crippen molar-refractivity contribution in [1.29, 1.82) is 0 Å². The van der Waals surface area contributed by atoms with E-state index in [9.17, 15) is 4.79 Å². The second-order valence-electron chi connectivity index (χ2n) is 2.47. The molecular weight excluding hydrogens is 238 g/mol. The molecule has 0 spiro atoms.